The molecule has 4 nitrogen and oxygen atoms in total. The van der Waals surface area contributed by atoms with Gasteiger partial charge in [0, 0.05) is 25.7 Å². The van der Waals surface area contributed by atoms with E-state index in [1.165, 1.54) is 19.3 Å². The van der Waals surface area contributed by atoms with Crippen molar-refractivity contribution in [1.82, 2.24) is 9.80 Å². The lowest BCUT2D eigenvalue weighted by atomic mass is 9.91. The number of carbonyl (C=O) groups is 1. The smallest absolute Gasteiger partial charge is 0.320 e. The van der Waals surface area contributed by atoms with E-state index in [0.29, 0.717) is 12.6 Å². The molecule has 0 aromatic carbocycles. The summed E-state index contributed by atoms with van der Waals surface area (Å²) in [6.07, 6.45) is 4.63. The molecule has 1 aliphatic carbocycles. The van der Waals surface area contributed by atoms with E-state index in [4.69, 9.17) is 5.11 Å². The van der Waals surface area contributed by atoms with E-state index >= 15 is 0 Å². The largest absolute Gasteiger partial charge is 0.395 e. The molecule has 0 aromatic heterocycles. The molecule has 4 heteroatoms. The van der Waals surface area contributed by atoms with Gasteiger partial charge in [-0.15, -0.1) is 0 Å². The second-order valence-corrected chi connectivity index (χ2v) is 4.12. The second kappa shape index (κ2) is 4.17. The van der Waals surface area contributed by atoms with Crippen molar-refractivity contribution in [3.05, 3.63) is 0 Å². The molecule has 0 spiro atoms. The molecular formula is C10H18N2O2. The summed E-state index contributed by atoms with van der Waals surface area (Å²) < 4.78 is 0. The third kappa shape index (κ3) is 1.71. The molecule has 2 amide bonds. The van der Waals surface area contributed by atoms with Crippen LogP contribution in [0.2, 0.25) is 0 Å². The zero-order chi connectivity index (χ0) is 9.97. The molecule has 0 unspecified atom stereocenters. The Bertz CT molecular complexity index is 214. The predicted molar refractivity (Wildman–Crippen MR) is 53.0 cm³/mol. The molecule has 0 atom stereocenters. The van der Waals surface area contributed by atoms with E-state index in [0.717, 1.165) is 19.5 Å². The fourth-order valence-electron chi connectivity index (χ4n) is 2.17. The van der Waals surface area contributed by atoms with Crippen LogP contribution in [0.4, 0.5) is 4.79 Å². The number of rotatable bonds is 3. The SMILES string of the molecule is O=C1N(CCO)CCCN1C1CCC1. The van der Waals surface area contributed by atoms with Crippen LogP contribution < -0.4 is 0 Å². The zero-order valence-corrected chi connectivity index (χ0v) is 8.48. The zero-order valence-electron chi connectivity index (χ0n) is 8.48. The molecule has 0 bridgehead atoms. The highest BCUT2D eigenvalue weighted by Crippen LogP contribution is 2.27. The molecule has 1 heterocycles. The molecule has 2 aliphatic rings. The molecule has 0 radical (unpaired) electrons. The van der Waals surface area contributed by atoms with Gasteiger partial charge in [-0.2, -0.15) is 0 Å². The first-order chi connectivity index (χ1) is 6.83. The molecular weight excluding hydrogens is 180 g/mol. The standard InChI is InChI=1S/C10H18N2O2/c13-8-7-11-5-2-6-12(10(11)14)9-3-1-4-9/h9,13H,1-8H2. The number of aliphatic hydroxyl groups is 1. The van der Waals surface area contributed by atoms with Crippen LogP contribution in [0, 0.1) is 0 Å². The summed E-state index contributed by atoms with van der Waals surface area (Å²) in [5, 5.41) is 8.82. The van der Waals surface area contributed by atoms with Crippen molar-refractivity contribution in [2.24, 2.45) is 0 Å². The van der Waals surface area contributed by atoms with Gasteiger partial charge in [0.15, 0.2) is 0 Å². The molecule has 1 saturated heterocycles. The lowest BCUT2D eigenvalue weighted by molar-refractivity contribution is 0.0763. The third-order valence-corrected chi connectivity index (χ3v) is 3.23. The van der Waals surface area contributed by atoms with Crippen LogP contribution in [0.15, 0.2) is 0 Å². The summed E-state index contributed by atoms with van der Waals surface area (Å²) in [5.74, 6) is 0. The van der Waals surface area contributed by atoms with Crippen molar-refractivity contribution in [2.75, 3.05) is 26.2 Å². The highest BCUT2D eigenvalue weighted by atomic mass is 16.3. The Morgan fingerprint density at radius 3 is 2.64 bits per heavy atom. The summed E-state index contributed by atoms with van der Waals surface area (Å²) in [4.78, 5) is 15.6. The molecule has 1 N–H and O–H groups in total. The van der Waals surface area contributed by atoms with Crippen LogP contribution in [-0.4, -0.2) is 53.2 Å². The van der Waals surface area contributed by atoms with Crippen LogP contribution >= 0.6 is 0 Å². The monoisotopic (exact) mass is 198 g/mol. The average molecular weight is 198 g/mol. The van der Waals surface area contributed by atoms with Gasteiger partial charge in [-0.05, 0) is 25.7 Å². The lowest BCUT2D eigenvalue weighted by Crippen LogP contribution is -2.55. The number of hydrogen-bond acceptors (Lipinski definition) is 2. The Hall–Kier alpha value is -0.770. The van der Waals surface area contributed by atoms with Crippen LogP contribution in [0.25, 0.3) is 0 Å². The van der Waals surface area contributed by atoms with E-state index in [-0.39, 0.29) is 12.6 Å². The molecule has 2 fully saturated rings. The van der Waals surface area contributed by atoms with Gasteiger partial charge < -0.3 is 14.9 Å². The Morgan fingerprint density at radius 2 is 2.07 bits per heavy atom. The number of amides is 2. The minimum absolute atomic E-state index is 0.0737. The van der Waals surface area contributed by atoms with Gasteiger partial charge in [0.25, 0.3) is 0 Å². The lowest BCUT2D eigenvalue weighted by Gasteiger charge is -2.43. The van der Waals surface area contributed by atoms with Crippen LogP contribution in [0.1, 0.15) is 25.7 Å². The van der Waals surface area contributed by atoms with E-state index in [9.17, 15) is 4.79 Å². The minimum Gasteiger partial charge on any atom is -0.395 e. The number of urea groups is 1. The maximum absolute atomic E-state index is 11.9. The molecule has 1 aliphatic heterocycles. The predicted octanol–water partition coefficient (Wildman–Crippen LogP) is 0.659. The Balaban J connectivity index is 1.93. The van der Waals surface area contributed by atoms with Crippen molar-refractivity contribution in [3.63, 3.8) is 0 Å². The number of β-amino-alcohol motifs (C(OH)–C–C–N with tert-alkyl or cyclic N) is 1. The van der Waals surface area contributed by atoms with Crippen molar-refractivity contribution in [1.29, 1.82) is 0 Å². The van der Waals surface area contributed by atoms with E-state index in [1.54, 1.807) is 4.90 Å². The molecule has 14 heavy (non-hydrogen) atoms. The first-order valence-corrected chi connectivity index (χ1v) is 5.49. The minimum atomic E-state index is 0.0737. The van der Waals surface area contributed by atoms with Gasteiger partial charge in [0.2, 0.25) is 0 Å². The van der Waals surface area contributed by atoms with E-state index in [1.807, 2.05) is 4.90 Å². The van der Waals surface area contributed by atoms with Crippen molar-refractivity contribution in [2.45, 2.75) is 31.7 Å². The molecule has 2 rings (SSSR count). The van der Waals surface area contributed by atoms with Gasteiger partial charge in [0.05, 0.1) is 6.61 Å². The highest BCUT2D eigenvalue weighted by molar-refractivity contribution is 5.75. The molecule has 0 aromatic rings. The van der Waals surface area contributed by atoms with Crippen LogP contribution in [0.3, 0.4) is 0 Å². The summed E-state index contributed by atoms with van der Waals surface area (Å²) in [6, 6.07) is 0.624. The quantitative estimate of drug-likeness (QED) is 0.724. The topological polar surface area (TPSA) is 43.8 Å². The number of aliphatic hydroxyl groups excluding tert-OH is 1. The van der Waals surface area contributed by atoms with Gasteiger partial charge in [-0.1, -0.05) is 0 Å². The normalized spacial score (nSPS) is 23.9. The maximum Gasteiger partial charge on any atom is 0.320 e. The summed E-state index contributed by atoms with van der Waals surface area (Å²) in [5.41, 5.74) is 0. The second-order valence-electron chi connectivity index (χ2n) is 4.12. The van der Waals surface area contributed by atoms with Gasteiger partial charge in [-0.25, -0.2) is 4.79 Å². The van der Waals surface area contributed by atoms with Crippen LogP contribution in [-0.2, 0) is 0 Å². The summed E-state index contributed by atoms with van der Waals surface area (Å²) in [6.45, 7) is 2.28. The highest BCUT2D eigenvalue weighted by Gasteiger charge is 2.33. The number of nitrogens with zero attached hydrogens (tertiary/aromatic N) is 2. The first kappa shape index (κ1) is 9.77. The Labute approximate surface area is 84.5 Å². The third-order valence-electron chi connectivity index (χ3n) is 3.23. The maximum atomic E-state index is 11.9. The average Bonchev–Trinajstić information content (AvgIpc) is 2.09. The Morgan fingerprint density at radius 1 is 1.29 bits per heavy atom. The van der Waals surface area contributed by atoms with E-state index < -0.39 is 0 Å². The number of carbonyl (C=O) groups excluding carboxylic acids is 1. The summed E-state index contributed by atoms with van der Waals surface area (Å²) in [7, 11) is 0. The molecule has 1 saturated carbocycles. The van der Waals surface area contributed by atoms with Crippen molar-refractivity contribution in [3.8, 4) is 0 Å². The van der Waals surface area contributed by atoms with Crippen molar-refractivity contribution >= 4 is 6.03 Å². The first-order valence-electron chi connectivity index (χ1n) is 5.49. The molecule has 80 valence electrons. The number of hydrogen-bond donors (Lipinski definition) is 1. The summed E-state index contributed by atoms with van der Waals surface area (Å²) >= 11 is 0. The van der Waals surface area contributed by atoms with E-state index in [2.05, 4.69) is 0 Å². The van der Waals surface area contributed by atoms with Crippen LogP contribution in [0.5, 0.6) is 0 Å². The fourth-order valence-corrected chi connectivity index (χ4v) is 2.17. The fraction of sp³-hybridized carbons (Fsp3) is 0.900. The van der Waals surface area contributed by atoms with Gasteiger partial charge >= 0.3 is 6.03 Å². The Kier molecular flexibility index (Phi) is 2.91. The van der Waals surface area contributed by atoms with Gasteiger partial charge in [0.1, 0.15) is 0 Å². The van der Waals surface area contributed by atoms with Gasteiger partial charge in [-0.3, -0.25) is 0 Å². The van der Waals surface area contributed by atoms with Crippen molar-refractivity contribution < 1.29 is 9.90 Å².